The lowest BCUT2D eigenvalue weighted by Crippen LogP contribution is -2.19. The van der Waals surface area contributed by atoms with Gasteiger partial charge in [0.15, 0.2) is 0 Å². The van der Waals surface area contributed by atoms with E-state index in [0.29, 0.717) is 5.56 Å². The molecule has 0 radical (unpaired) electrons. The third-order valence-electron chi connectivity index (χ3n) is 3.25. The Morgan fingerprint density at radius 1 is 1.26 bits per heavy atom. The van der Waals surface area contributed by atoms with E-state index < -0.39 is 26.5 Å². The molecule has 0 aliphatic rings. The number of hydrogen-bond acceptors (Lipinski definition) is 5. The van der Waals surface area contributed by atoms with Crippen LogP contribution in [0.2, 0.25) is 0 Å². The molecule has 2 rings (SSSR count). The molecular weight excluding hydrogens is 325 g/mol. The fourth-order valence-corrected chi connectivity index (χ4v) is 2.65. The highest BCUT2D eigenvalue weighted by Gasteiger charge is 2.21. The fraction of sp³-hybridized carbons (Fsp3) is 0.143. The van der Waals surface area contributed by atoms with Crippen molar-refractivity contribution >= 4 is 21.4 Å². The van der Waals surface area contributed by atoms with E-state index in [9.17, 15) is 22.9 Å². The van der Waals surface area contributed by atoms with Gasteiger partial charge in [0.05, 0.1) is 9.82 Å². The van der Waals surface area contributed by atoms with Crippen molar-refractivity contribution in [2.45, 2.75) is 11.4 Å². The SMILES string of the molecule is CN(Cc1ccccc1F)c1ccc(S(N)(=O)=O)cc1[N+](=O)[O-]. The molecular formula is C14H14FN3O4S. The number of halogens is 1. The summed E-state index contributed by atoms with van der Waals surface area (Å²) in [4.78, 5) is 11.6. The zero-order valence-corrected chi connectivity index (χ0v) is 13.0. The number of anilines is 1. The number of primary sulfonamides is 1. The van der Waals surface area contributed by atoms with E-state index in [0.717, 1.165) is 6.07 Å². The Bertz CT molecular complexity index is 855. The fourth-order valence-electron chi connectivity index (χ4n) is 2.12. The minimum atomic E-state index is -4.05. The Balaban J connectivity index is 2.42. The van der Waals surface area contributed by atoms with Gasteiger partial charge in [-0.3, -0.25) is 10.1 Å². The third kappa shape index (κ3) is 3.82. The van der Waals surface area contributed by atoms with Gasteiger partial charge in [0.1, 0.15) is 11.5 Å². The van der Waals surface area contributed by atoms with Crippen LogP contribution in [0.25, 0.3) is 0 Å². The lowest BCUT2D eigenvalue weighted by molar-refractivity contribution is -0.384. The van der Waals surface area contributed by atoms with Crippen LogP contribution in [-0.2, 0) is 16.6 Å². The van der Waals surface area contributed by atoms with Crippen LogP contribution in [0.15, 0.2) is 47.4 Å². The lowest BCUT2D eigenvalue weighted by atomic mass is 10.2. The van der Waals surface area contributed by atoms with Crippen molar-refractivity contribution in [1.29, 1.82) is 0 Å². The molecule has 2 aromatic carbocycles. The molecule has 7 nitrogen and oxygen atoms in total. The van der Waals surface area contributed by atoms with Crippen LogP contribution >= 0.6 is 0 Å². The Labute approximate surface area is 132 Å². The predicted molar refractivity (Wildman–Crippen MR) is 83.0 cm³/mol. The van der Waals surface area contributed by atoms with Gasteiger partial charge in [-0.25, -0.2) is 17.9 Å². The molecule has 122 valence electrons. The first-order valence-corrected chi connectivity index (χ1v) is 8.00. The summed E-state index contributed by atoms with van der Waals surface area (Å²) in [5.74, 6) is -0.428. The lowest BCUT2D eigenvalue weighted by Gasteiger charge is -2.20. The molecule has 0 fully saturated rings. The maximum atomic E-state index is 13.7. The second-order valence-electron chi connectivity index (χ2n) is 4.90. The molecule has 9 heteroatoms. The standard InChI is InChI=1S/C14H14FN3O4S/c1-17(9-10-4-2-3-5-12(10)15)13-7-6-11(23(16,21)22)8-14(13)18(19)20/h2-8H,9H2,1H3,(H2,16,21,22). The molecule has 0 bridgehead atoms. The minimum Gasteiger partial charge on any atom is -0.365 e. The van der Waals surface area contributed by atoms with E-state index in [-0.39, 0.29) is 17.1 Å². The smallest absolute Gasteiger partial charge is 0.293 e. The van der Waals surface area contributed by atoms with Crippen molar-refractivity contribution in [3.63, 3.8) is 0 Å². The highest BCUT2D eigenvalue weighted by Crippen LogP contribution is 2.30. The Morgan fingerprint density at radius 3 is 2.48 bits per heavy atom. The topological polar surface area (TPSA) is 107 Å². The van der Waals surface area contributed by atoms with Gasteiger partial charge in [0.2, 0.25) is 10.0 Å². The first kappa shape index (κ1) is 16.8. The molecule has 0 aliphatic heterocycles. The molecule has 0 unspecified atom stereocenters. The Kier molecular flexibility index (Phi) is 4.62. The summed E-state index contributed by atoms with van der Waals surface area (Å²) in [5, 5.41) is 16.2. The van der Waals surface area contributed by atoms with E-state index in [1.807, 2.05) is 0 Å². The largest absolute Gasteiger partial charge is 0.365 e. The van der Waals surface area contributed by atoms with Gasteiger partial charge in [-0.05, 0) is 18.2 Å². The molecule has 0 amide bonds. The van der Waals surface area contributed by atoms with E-state index in [2.05, 4.69) is 0 Å². The van der Waals surface area contributed by atoms with E-state index in [1.165, 1.54) is 23.1 Å². The average molecular weight is 339 g/mol. The summed E-state index contributed by atoms with van der Waals surface area (Å²) in [6.45, 7) is 0.0856. The molecule has 0 saturated carbocycles. The molecule has 2 N–H and O–H groups in total. The zero-order valence-electron chi connectivity index (χ0n) is 12.1. The number of nitro benzene ring substituents is 1. The quantitative estimate of drug-likeness (QED) is 0.662. The summed E-state index contributed by atoms with van der Waals surface area (Å²) < 4.78 is 36.3. The van der Waals surface area contributed by atoms with Crippen molar-refractivity contribution in [2.75, 3.05) is 11.9 Å². The van der Waals surface area contributed by atoms with Crippen LogP contribution in [0, 0.1) is 15.9 Å². The summed E-state index contributed by atoms with van der Waals surface area (Å²) in [6, 6.07) is 9.40. The number of nitrogens with zero attached hydrogens (tertiary/aromatic N) is 2. The van der Waals surface area contributed by atoms with E-state index in [4.69, 9.17) is 5.14 Å². The number of hydrogen-bond donors (Lipinski definition) is 1. The number of rotatable bonds is 5. The van der Waals surface area contributed by atoms with Gasteiger partial charge >= 0.3 is 0 Å². The normalized spacial score (nSPS) is 11.3. The first-order valence-electron chi connectivity index (χ1n) is 6.46. The summed E-state index contributed by atoms with van der Waals surface area (Å²) in [5.41, 5.74) is 0.0980. The summed E-state index contributed by atoms with van der Waals surface area (Å²) in [7, 11) is -2.50. The van der Waals surface area contributed by atoms with Crippen molar-refractivity contribution in [3.05, 3.63) is 64.0 Å². The molecule has 23 heavy (non-hydrogen) atoms. The molecule has 0 aromatic heterocycles. The summed E-state index contributed by atoms with van der Waals surface area (Å²) in [6.07, 6.45) is 0. The Hall–Kier alpha value is -2.52. The number of nitro groups is 1. The highest BCUT2D eigenvalue weighted by atomic mass is 32.2. The predicted octanol–water partition coefficient (Wildman–Crippen LogP) is 2.02. The molecule has 2 aromatic rings. The number of sulfonamides is 1. The van der Waals surface area contributed by atoms with E-state index >= 15 is 0 Å². The van der Waals surface area contributed by atoms with Crippen LogP contribution in [0.5, 0.6) is 0 Å². The van der Waals surface area contributed by atoms with Gasteiger partial charge in [0, 0.05) is 25.2 Å². The van der Waals surface area contributed by atoms with Gasteiger partial charge < -0.3 is 4.90 Å². The van der Waals surface area contributed by atoms with Crippen molar-refractivity contribution < 1.29 is 17.7 Å². The second-order valence-corrected chi connectivity index (χ2v) is 6.46. The van der Waals surface area contributed by atoms with Gasteiger partial charge in [-0.2, -0.15) is 0 Å². The van der Waals surface area contributed by atoms with Crippen LogP contribution in [0.1, 0.15) is 5.56 Å². The number of benzene rings is 2. The molecule has 0 aliphatic carbocycles. The van der Waals surface area contributed by atoms with Gasteiger partial charge in [0.25, 0.3) is 5.69 Å². The van der Waals surface area contributed by atoms with Crippen molar-refractivity contribution in [3.8, 4) is 0 Å². The van der Waals surface area contributed by atoms with Crippen molar-refractivity contribution in [1.82, 2.24) is 0 Å². The van der Waals surface area contributed by atoms with Gasteiger partial charge in [-0.1, -0.05) is 18.2 Å². The second kappa shape index (κ2) is 6.31. The molecule has 0 heterocycles. The maximum Gasteiger partial charge on any atom is 0.293 e. The monoisotopic (exact) mass is 339 g/mol. The number of nitrogens with two attached hydrogens (primary N) is 1. The van der Waals surface area contributed by atoms with Crippen LogP contribution in [-0.4, -0.2) is 20.4 Å². The zero-order chi connectivity index (χ0) is 17.2. The molecule has 0 saturated heterocycles. The van der Waals surface area contributed by atoms with Crippen LogP contribution in [0.3, 0.4) is 0 Å². The van der Waals surface area contributed by atoms with Crippen molar-refractivity contribution in [2.24, 2.45) is 5.14 Å². The van der Waals surface area contributed by atoms with Crippen LogP contribution < -0.4 is 10.0 Å². The minimum absolute atomic E-state index is 0.0856. The third-order valence-corrected chi connectivity index (χ3v) is 4.16. The molecule has 0 atom stereocenters. The molecule has 0 spiro atoms. The Morgan fingerprint density at radius 2 is 1.91 bits per heavy atom. The maximum absolute atomic E-state index is 13.7. The summed E-state index contributed by atoms with van der Waals surface area (Å²) >= 11 is 0. The van der Waals surface area contributed by atoms with Gasteiger partial charge in [-0.15, -0.1) is 0 Å². The van der Waals surface area contributed by atoms with E-state index in [1.54, 1.807) is 25.2 Å². The average Bonchev–Trinajstić information content (AvgIpc) is 2.48. The highest BCUT2D eigenvalue weighted by molar-refractivity contribution is 7.89. The first-order chi connectivity index (χ1) is 10.7. The van der Waals surface area contributed by atoms with Crippen LogP contribution in [0.4, 0.5) is 15.8 Å².